The van der Waals surface area contributed by atoms with Crippen LogP contribution in [0.15, 0.2) is 18.2 Å². The Kier molecular flexibility index (Phi) is 4.46. The highest BCUT2D eigenvalue weighted by molar-refractivity contribution is 5.87. The van der Waals surface area contributed by atoms with E-state index in [1.54, 1.807) is 18.4 Å². The molecular weight excluding hydrogens is 332 g/mol. The van der Waals surface area contributed by atoms with Crippen molar-refractivity contribution in [3.05, 3.63) is 29.5 Å². The summed E-state index contributed by atoms with van der Waals surface area (Å²) >= 11 is 0. The minimum Gasteiger partial charge on any atom is -0.497 e. The van der Waals surface area contributed by atoms with E-state index in [0.29, 0.717) is 5.92 Å². The van der Waals surface area contributed by atoms with Gasteiger partial charge in [-0.2, -0.15) is 0 Å². The van der Waals surface area contributed by atoms with Crippen molar-refractivity contribution in [1.29, 1.82) is 0 Å². The van der Waals surface area contributed by atoms with Gasteiger partial charge in [0, 0.05) is 28.6 Å². The molecule has 5 rings (SSSR count). The number of likely N-dealkylation sites (tertiary alicyclic amines) is 1. The Labute approximate surface area is 163 Å². The van der Waals surface area contributed by atoms with Crippen LogP contribution >= 0.6 is 0 Å². The zero-order valence-electron chi connectivity index (χ0n) is 17.1. The smallest absolute Gasteiger partial charge is 0.119 e. The number of aromatic amines is 1. The molecule has 2 fully saturated rings. The molecule has 2 aliphatic carbocycles. The topological polar surface area (TPSA) is 28.3 Å². The Bertz CT molecular complexity index is 825. The molecule has 0 amide bonds. The molecule has 146 valence electrons. The first kappa shape index (κ1) is 17.6. The number of hydrogen-bond donors (Lipinski definition) is 1. The molecule has 2 aromatic rings. The van der Waals surface area contributed by atoms with Crippen LogP contribution in [-0.4, -0.2) is 36.1 Å². The molecule has 1 saturated carbocycles. The van der Waals surface area contributed by atoms with Crippen LogP contribution in [-0.2, 0) is 0 Å². The van der Waals surface area contributed by atoms with Gasteiger partial charge in [-0.3, -0.25) is 0 Å². The van der Waals surface area contributed by atoms with Gasteiger partial charge in [-0.15, -0.1) is 0 Å². The summed E-state index contributed by atoms with van der Waals surface area (Å²) in [6, 6.07) is 7.42. The lowest BCUT2D eigenvalue weighted by atomic mass is 9.56. The van der Waals surface area contributed by atoms with Crippen LogP contribution in [0.3, 0.4) is 0 Å². The van der Waals surface area contributed by atoms with Gasteiger partial charge < -0.3 is 14.6 Å². The predicted octanol–water partition coefficient (Wildman–Crippen LogP) is 5.67. The minimum atomic E-state index is 0.698. The fraction of sp³-hybridized carbons (Fsp3) is 0.667. The fourth-order valence-electron chi connectivity index (χ4n) is 7.01. The third-order valence-corrected chi connectivity index (χ3v) is 7.92. The van der Waals surface area contributed by atoms with Crippen LogP contribution in [0.1, 0.15) is 75.5 Å². The summed E-state index contributed by atoms with van der Waals surface area (Å²) < 4.78 is 5.57. The number of ether oxygens (including phenoxy) is 1. The average Bonchev–Trinajstić information content (AvgIpc) is 3.08. The van der Waals surface area contributed by atoms with Crippen molar-refractivity contribution < 1.29 is 4.74 Å². The highest BCUT2D eigenvalue weighted by Gasteiger charge is 2.51. The molecule has 5 atom stereocenters. The molecule has 1 saturated heterocycles. The number of piperidine rings is 1. The van der Waals surface area contributed by atoms with Gasteiger partial charge in [-0.1, -0.05) is 20.3 Å². The van der Waals surface area contributed by atoms with Gasteiger partial charge in [0.25, 0.3) is 0 Å². The van der Waals surface area contributed by atoms with Crippen molar-refractivity contribution in [2.75, 3.05) is 20.2 Å². The molecule has 3 aliphatic rings. The first-order valence-corrected chi connectivity index (χ1v) is 11.2. The van der Waals surface area contributed by atoms with E-state index in [-0.39, 0.29) is 0 Å². The molecule has 0 unspecified atom stereocenters. The number of H-pyrrole nitrogens is 1. The largest absolute Gasteiger partial charge is 0.497 e. The standard InChI is InChI=1S/C24H34N2O/c1-4-12-26-13-11-18-22-17(7-6-8-21(22)26)16(5-2)24-23(18)19-14-15(27-3)9-10-20(19)25-24/h9-10,14,16-18,21-22,25H,4-8,11-13H2,1-3H3/t16-,17-,18-,21-,22+/m0/s1. The maximum Gasteiger partial charge on any atom is 0.119 e. The number of rotatable bonds is 4. The van der Waals surface area contributed by atoms with E-state index < -0.39 is 0 Å². The zero-order chi connectivity index (χ0) is 18.5. The summed E-state index contributed by atoms with van der Waals surface area (Å²) in [5.74, 6) is 4.13. The van der Waals surface area contributed by atoms with E-state index in [1.807, 2.05) is 0 Å². The fourth-order valence-corrected chi connectivity index (χ4v) is 7.01. The monoisotopic (exact) mass is 366 g/mol. The Morgan fingerprint density at radius 2 is 2.07 bits per heavy atom. The summed E-state index contributed by atoms with van der Waals surface area (Å²) in [6.45, 7) is 7.30. The van der Waals surface area contributed by atoms with Crippen LogP contribution in [0, 0.1) is 11.8 Å². The van der Waals surface area contributed by atoms with Crippen molar-refractivity contribution in [3.8, 4) is 5.75 Å². The second-order valence-corrected chi connectivity index (χ2v) is 9.05. The summed E-state index contributed by atoms with van der Waals surface area (Å²) in [5.41, 5.74) is 4.53. The van der Waals surface area contributed by atoms with Crippen LogP contribution in [0.5, 0.6) is 5.75 Å². The van der Waals surface area contributed by atoms with E-state index in [1.165, 1.54) is 62.5 Å². The van der Waals surface area contributed by atoms with Gasteiger partial charge in [0.1, 0.15) is 5.75 Å². The Hall–Kier alpha value is -1.48. The number of benzene rings is 1. The number of nitrogens with zero attached hydrogens (tertiary/aromatic N) is 1. The van der Waals surface area contributed by atoms with Crippen LogP contribution in [0.4, 0.5) is 0 Å². The molecule has 27 heavy (non-hydrogen) atoms. The Balaban J connectivity index is 1.67. The second kappa shape index (κ2) is 6.84. The molecule has 0 spiro atoms. The molecule has 3 heteroatoms. The predicted molar refractivity (Wildman–Crippen MR) is 112 cm³/mol. The maximum atomic E-state index is 5.57. The van der Waals surface area contributed by atoms with Crippen molar-refractivity contribution in [1.82, 2.24) is 9.88 Å². The first-order valence-electron chi connectivity index (χ1n) is 11.2. The SMILES string of the molecule is CCCN1CC[C@@H]2c3c([nH]c4ccc(OC)cc34)[C@@H](CC)[C@@H]3CCC[C@H]1[C@H]32. The number of nitrogens with one attached hydrogen (secondary N) is 1. The van der Waals surface area contributed by atoms with Gasteiger partial charge in [-0.25, -0.2) is 0 Å². The van der Waals surface area contributed by atoms with Gasteiger partial charge in [0.15, 0.2) is 0 Å². The first-order chi connectivity index (χ1) is 13.3. The number of aromatic nitrogens is 1. The lowest BCUT2D eigenvalue weighted by Gasteiger charge is -2.56. The molecule has 1 aromatic heterocycles. The van der Waals surface area contributed by atoms with E-state index in [9.17, 15) is 0 Å². The molecular formula is C24H34N2O. The highest BCUT2D eigenvalue weighted by Crippen LogP contribution is 2.58. The molecule has 0 radical (unpaired) electrons. The summed E-state index contributed by atoms with van der Waals surface area (Å²) in [4.78, 5) is 6.72. The van der Waals surface area contributed by atoms with Gasteiger partial charge in [0.2, 0.25) is 0 Å². The lowest BCUT2D eigenvalue weighted by Crippen LogP contribution is -2.55. The molecule has 1 aliphatic heterocycles. The van der Waals surface area contributed by atoms with Crippen molar-refractivity contribution in [2.45, 2.75) is 70.3 Å². The molecule has 1 aromatic carbocycles. The third-order valence-electron chi connectivity index (χ3n) is 7.92. The van der Waals surface area contributed by atoms with Gasteiger partial charge >= 0.3 is 0 Å². The lowest BCUT2D eigenvalue weighted by molar-refractivity contribution is -0.00740. The summed E-state index contributed by atoms with van der Waals surface area (Å²) in [5, 5.41) is 1.43. The van der Waals surface area contributed by atoms with Crippen molar-refractivity contribution in [3.63, 3.8) is 0 Å². The quantitative estimate of drug-likeness (QED) is 0.755. The second-order valence-electron chi connectivity index (χ2n) is 9.05. The molecule has 3 nitrogen and oxygen atoms in total. The number of methoxy groups -OCH3 is 1. The average molecular weight is 367 g/mol. The van der Waals surface area contributed by atoms with Crippen LogP contribution in [0.25, 0.3) is 10.9 Å². The van der Waals surface area contributed by atoms with E-state index in [2.05, 4.69) is 41.9 Å². The Morgan fingerprint density at radius 1 is 1.19 bits per heavy atom. The van der Waals surface area contributed by atoms with Crippen molar-refractivity contribution >= 4 is 10.9 Å². The van der Waals surface area contributed by atoms with E-state index in [4.69, 9.17) is 4.74 Å². The molecule has 1 N–H and O–H groups in total. The zero-order valence-corrected chi connectivity index (χ0v) is 17.1. The highest BCUT2D eigenvalue weighted by atomic mass is 16.5. The Morgan fingerprint density at radius 3 is 2.85 bits per heavy atom. The minimum absolute atomic E-state index is 0.698. The van der Waals surface area contributed by atoms with Crippen LogP contribution < -0.4 is 4.74 Å². The van der Waals surface area contributed by atoms with Gasteiger partial charge in [0.05, 0.1) is 7.11 Å². The maximum absolute atomic E-state index is 5.57. The number of fused-ring (bicyclic) bond motifs is 4. The molecule has 2 heterocycles. The van der Waals surface area contributed by atoms with Crippen molar-refractivity contribution in [2.24, 2.45) is 11.8 Å². The van der Waals surface area contributed by atoms with E-state index in [0.717, 1.165) is 29.5 Å². The number of hydrogen-bond acceptors (Lipinski definition) is 2. The summed E-state index contributed by atoms with van der Waals surface area (Å²) in [7, 11) is 1.78. The van der Waals surface area contributed by atoms with Crippen LogP contribution in [0.2, 0.25) is 0 Å². The van der Waals surface area contributed by atoms with Gasteiger partial charge in [-0.05, 0) is 86.7 Å². The third kappa shape index (κ3) is 2.57. The summed E-state index contributed by atoms with van der Waals surface area (Å²) in [6.07, 6.45) is 8.12. The molecule has 0 bridgehead atoms. The van der Waals surface area contributed by atoms with E-state index >= 15 is 0 Å². The normalized spacial score (nSPS) is 32.9.